The van der Waals surface area contributed by atoms with Crippen LogP contribution in [0.3, 0.4) is 0 Å². The number of rotatable bonds is 8. The molecule has 1 heterocycles. The van der Waals surface area contributed by atoms with Crippen LogP contribution in [-0.4, -0.2) is 38.4 Å². The zero-order valence-corrected chi connectivity index (χ0v) is 17.0. The summed E-state index contributed by atoms with van der Waals surface area (Å²) in [6.45, 7) is 8.63. The number of nitrogens with zero attached hydrogens (tertiary/aromatic N) is 1. The zero-order valence-electron chi connectivity index (χ0n) is 14.7. The topological polar surface area (TPSA) is 54.9 Å². The van der Waals surface area contributed by atoms with Gasteiger partial charge in [-0.25, -0.2) is 4.99 Å². The molecule has 1 aliphatic rings. The van der Waals surface area contributed by atoms with Gasteiger partial charge in [-0.3, -0.25) is 0 Å². The van der Waals surface area contributed by atoms with Gasteiger partial charge in [-0.05, 0) is 37.8 Å². The minimum absolute atomic E-state index is 0. The largest absolute Gasteiger partial charge is 0.377 e. The summed E-state index contributed by atoms with van der Waals surface area (Å²) in [7, 11) is 0. The van der Waals surface area contributed by atoms with Gasteiger partial charge in [-0.1, -0.05) is 24.3 Å². The lowest BCUT2D eigenvalue weighted by Gasteiger charge is -2.15. The van der Waals surface area contributed by atoms with E-state index in [1.807, 2.05) is 19.1 Å². The quantitative estimate of drug-likeness (QED) is 0.366. The van der Waals surface area contributed by atoms with E-state index in [1.165, 1.54) is 11.1 Å². The van der Waals surface area contributed by atoms with Gasteiger partial charge in [-0.15, -0.1) is 24.0 Å². The highest BCUT2D eigenvalue weighted by Crippen LogP contribution is 2.12. The maximum atomic E-state index is 5.65. The SMILES string of the molecule is CCNC(=NCc1ccccc1COCC)NCC1CCCO1.I. The predicted molar refractivity (Wildman–Crippen MR) is 109 cm³/mol. The van der Waals surface area contributed by atoms with E-state index in [4.69, 9.17) is 14.5 Å². The summed E-state index contributed by atoms with van der Waals surface area (Å²) < 4.78 is 11.2. The second-order valence-electron chi connectivity index (χ2n) is 5.62. The van der Waals surface area contributed by atoms with Crippen molar-refractivity contribution < 1.29 is 9.47 Å². The van der Waals surface area contributed by atoms with Gasteiger partial charge in [0.25, 0.3) is 0 Å². The van der Waals surface area contributed by atoms with Crippen LogP contribution in [0.1, 0.15) is 37.8 Å². The molecule has 1 saturated heterocycles. The summed E-state index contributed by atoms with van der Waals surface area (Å²) in [5.74, 6) is 0.842. The third kappa shape index (κ3) is 7.36. The maximum Gasteiger partial charge on any atom is 0.191 e. The molecule has 1 aromatic rings. The Morgan fingerprint density at radius 2 is 2.04 bits per heavy atom. The van der Waals surface area contributed by atoms with Crippen LogP contribution >= 0.6 is 24.0 Å². The average Bonchev–Trinajstić information content (AvgIpc) is 3.09. The number of guanidine groups is 1. The van der Waals surface area contributed by atoms with Gasteiger partial charge in [0.1, 0.15) is 0 Å². The standard InChI is InChI=1S/C18H29N3O2.HI/c1-3-19-18(21-13-17-10-7-11-23-17)20-12-15-8-5-6-9-16(15)14-22-4-2;/h5-6,8-9,17H,3-4,7,10-14H2,1-2H3,(H2,19,20,21);1H. The number of hydrogen-bond donors (Lipinski definition) is 2. The predicted octanol–water partition coefficient (Wildman–Crippen LogP) is 3.08. The molecule has 136 valence electrons. The Morgan fingerprint density at radius 1 is 1.25 bits per heavy atom. The molecule has 1 aliphatic heterocycles. The minimum Gasteiger partial charge on any atom is -0.377 e. The molecule has 0 bridgehead atoms. The van der Waals surface area contributed by atoms with Gasteiger partial charge in [0.2, 0.25) is 0 Å². The van der Waals surface area contributed by atoms with Crippen LogP contribution in [0.4, 0.5) is 0 Å². The fourth-order valence-electron chi connectivity index (χ4n) is 2.59. The van der Waals surface area contributed by atoms with Gasteiger partial charge >= 0.3 is 0 Å². The summed E-state index contributed by atoms with van der Waals surface area (Å²) in [4.78, 5) is 4.70. The van der Waals surface area contributed by atoms with Crippen LogP contribution in [0.15, 0.2) is 29.3 Å². The fourth-order valence-corrected chi connectivity index (χ4v) is 2.59. The molecule has 24 heavy (non-hydrogen) atoms. The summed E-state index contributed by atoms with van der Waals surface area (Å²) in [6, 6.07) is 8.31. The van der Waals surface area contributed by atoms with Crippen LogP contribution in [0.25, 0.3) is 0 Å². The lowest BCUT2D eigenvalue weighted by molar-refractivity contribution is 0.114. The molecule has 0 radical (unpaired) electrons. The number of ether oxygens (including phenoxy) is 2. The minimum atomic E-state index is 0. The molecular formula is C18H30IN3O2. The van der Waals surface area contributed by atoms with E-state index < -0.39 is 0 Å². The van der Waals surface area contributed by atoms with E-state index in [9.17, 15) is 0 Å². The van der Waals surface area contributed by atoms with Crippen molar-refractivity contribution in [2.45, 2.75) is 45.9 Å². The van der Waals surface area contributed by atoms with Gasteiger partial charge in [0.05, 0.1) is 19.3 Å². The van der Waals surface area contributed by atoms with Gasteiger partial charge < -0.3 is 20.1 Å². The first-order chi connectivity index (χ1) is 11.3. The molecule has 2 N–H and O–H groups in total. The van der Waals surface area contributed by atoms with Crippen LogP contribution in [-0.2, 0) is 22.6 Å². The number of aliphatic imine (C=N–C) groups is 1. The van der Waals surface area contributed by atoms with Crippen LogP contribution < -0.4 is 10.6 Å². The first-order valence-corrected chi connectivity index (χ1v) is 8.61. The summed E-state index contributed by atoms with van der Waals surface area (Å²) >= 11 is 0. The van der Waals surface area contributed by atoms with Gasteiger partial charge in [-0.2, -0.15) is 0 Å². The Hall–Kier alpha value is -0.860. The zero-order chi connectivity index (χ0) is 16.3. The van der Waals surface area contributed by atoms with E-state index in [0.717, 1.165) is 45.1 Å². The molecule has 0 aromatic heterocycles. The number of nitrogens with one attached hydrogen (secondary N) is 2. The van der Waals surface area contributed by atoms with Crippen LogP contribution in [0, 0.1) is 0 Å². The molecule has 5 nitrogen and oxygen atoms in total. The van der Waals surface area contributed by atoms with E-state index in [0.29, 0.717) is 19.3 Å². The van der Waals surface area contributed by atoms with Gasteiger partial charge in [0.15, 0.2) is 5.96 Å². The Kier molecular flexibility index (Phi) is 11.0. The Labute approximate surface area is 162 Å². The molecule has 1 aromatic carbocycles. The number of halogens is 1. The van der Waals surface area contributed by atoms with E-state index in [2.05, 4.69) is 29.7 Å². The highest BCUT2D eigenvalue weighted by Gasteiger charge is 2.15. The molecule has 1 fully saturated rings. The molecule has 0 aliphatic carbocycles. The van der Waals surface area contributed by atoms with Crippen molar-refractivity contribution in [1.29, 1.82) is 0 Å². The first kappa shape index (κ1) is 21.2. The van der Waals surface area contributed by atoms with Crippen molar-refractivity contribution >= 4 is 29.9 Å². The normalized spacial score (nSPS) is 17.4. The summed E-state index contributed by atoms with van der Waals surface area (Å²) in [5.41, 5.74) is 2.41. The average molecular weight is 447 g/mol. The molecule has 2 rings (SSSR count). The van der Waals surface area contributed by atoms with Crippen molar-refractivity contribution in [2.75, 3.05) is 26.3 Å². The Bertz CT molecular complexity index is 491. The van der Waals surface area contributed by atoms with Crippen molar-refractivity contribution in [3.8, 4) is 0 Å². The molecule has 1 atom stereocenters. The van der Waals surface area contributed by atoms with E-state index >= 15 is 0 Å². The first-order valence-electron chi connectivity index (χ1n) is 8.61. The van der Waals surface area contributed by atoms with Crippen LogP contribution in [0.2, 0.25) is 0 Å². The van der Waals surface area contributed by atoms with Crippen molar-refractivity contribution in [3.05, 3.63) is 35.4 Å². The molecule has 0 amide bonds. The molecule has 6 heteroatoms. The van der Waals surface area contributed by atoms with E-state index in [1.54, 1.807) is 0 Å². The Balaban J connectivity index is 0.00000288. The smallest absolute Gasteiger partial charge is 0.191 e. The number of hydrogen-bond acceptors (Lipinski definition) is 3. The number of benzene rings is 1. The summed E-state index contributed by atoms with van der Waals surface area (Å²) in [6.07, 6.45) is 2.60. The third-order valence-electron chi connectivity index (χ3n) is 3.85. The maximum absolute atomic E-state index is 5.65. The van der Waals surface area contributed by atoms with Crippen molar-refractivity contribution in [3.63, 3.8) is 0 Å². The van der Waals surface area contributed by atoms with Crippen molar-refractivity contribution in [2.24, 2.45) is 4.99 Å². The summed E-state index contributed by atoms with van der Waals surface area (Å²) in [5, 5.41) is 6.67. The monoisotopic (exact) mass is 447 g/mol. The van der Waals surface area contributed by atoms with Crippen molar-refractivity contribution in [1.82, 2.24) is 10.6 Å². The van der Waals surface area contributed by atoms with Crippen LogP contribution in [0.5, 0.6) is 0 Å². The molecular weight excluding hydrogens is 417 g/mol. The fraction of sp³-hybridized carbons (Fsp3) is 0.611. The second-order valence-corrected chi connectivity index (χ2v) is 5.62. The lowest BCUT2D eigenvalue weighted by Crippen LogP contribution is -2.41. The van der Waals surface area contributed by atoms with Gasteiger partial charge in [0, 0.05) is 26.3 Å². The molecule has 0 spiro atoms. The second kappa shape index (κ2) is 12.5. The third-order valence-corrected chi connectivity index (χ3v) is 3.85. The Morgan fingerprint density at radius 3 is 2.71 bits per heavy atom. The van der Waals surface area contributed by atoms with E-state index in [-0.39, 0.29) is 24.0 Å². The lowest BCUT2D eigenvalue weighted by atomic mass is 10.1. The highest BCUT2D eigenvalue weighted by molar-refractivity contribution is 14.0. The molecule has 1 unspecified atom stereocenters. The highest BCUT2D eigenvalue weighted by atomic mass is 127. The molecule has 0 saturated carbocycles.